The zero-order valence-corrected chi connectivity index (χ0v) is 13.8. The Kier molecular flexibility index (Phi) is 4.81. The minimum atomic E-state index is -0.00280. The molecule has 2 aliphatic heterocycles. The van der Waals surface area contributed by atoms with Gasteiger partial charge in [-0.15, -0.1) is 0 Å². The molecule has 3 atom stereocenters. The third kappa shape index (κ3) is 3.05. The van der Waals surface area contributed by atoms with Crippen LogP contribution in [0.2, 0.25) is 0 Å². The van der Waals surface area contributed by atoms with E-state index in [1.165, 1.54) is 25.8 Å². The van der Waals surface area contributed by atoms with Crippen LogP contribution in [0.25, 0.3) is 0 Å². The van der Waals surface area contributed by atoms with Crippen LogP contribution in [0.15, 0.2) is 18.5 Å². The minimum Gasteiger partial charge on any atom is -0.338 e. The van der Waals surface area contributed by atoms with Gasteiger partial charge in [0.2, 0.25) is 5.91 Å². The maximum Gasteiger partial charge on any atom is 0.227 e. The van der Waals surface area contributed by atoms with Crippen molar-refractivity contribution in [2.75, 3.05) is 19.6 Å². The summed E-state index contributed by atoms with van der Waals surface area (Å²) in [6, 6.07) is 2.91. The lowest BCUT2D eigenvalue weighted by atomic mass is 10.0. The number of aromatic nitrogens is 2. The Labute approximate surface area is 133 Å². The molecule has 2 saturated heterocycles. The van der Waals surface area contributed by atoms with E-state index in [1.54, 1.807) is 6.20 Å². The average molecular weight is 304 g/mol. The Bertz CT molecular complexity index is 487. The number of amides is 1. The molecule has 0 N–H and O–H groups in total. The maximum atomic E-state index is 12.9. The Morgan fingerprint density at radius 3 is 2.77 bits per heavy atom. The van der Waals surface area contributed by atoms with E-state index in [0.717, 1.165) is 19.5 Å². The molecule has 3 rings (SSSR count). The average Bonchev–Trinajstić information content (AvgIpc) is 3.25. The number of carbonyl (C=O) groups excluding carboxylic acids is 1. The van der Waals surface area contributed by atoms with Crippen molar-refractivity contribution in [3.8, 4) is 0 Å². The van der Waals surface area contributed by atoms with Crippen molar-refractivity contribution >= 4 is 5.91 Å². The standard InChI is InChI=1S/C17H28N4O/c1-3-19-10-4-7-15(19)16-8-5-12-21(16)17(22)14(2)13-20-11-6-9-18-20/h6,9,11,14-16H,3-5,7-8,10,12-13H2,1-2H3/t14-,15+,16+/m0/s1. The summed E-state index contributed by atoms with van der Waals surface area (Å²) in [5.41, 5.74) is 0. The predicted molar refractivity (Wildman–Crippen MR) is 86.4 cm³/mol. The van der Waals surface area contributed by atoms with Crippen molar-refractivity contribution in [3.63, 3.8) is 0 Å². The normalized spacial score (nSPS) is 27.5. The Balaban J connectivity index is 1.65. The van der Waals surface area contributed by atoms with Crippen molar-refractivity contribution in [1.29, 1.82) is 0 Å². The zero-order chi connectivity index (χ0) is 15.5. The second kappa shape index (κ2) is 6.82. The monoisotopic (exact) mass is 304 g/mol. The van der Waals surface area contributed by atoms with E-state index >= 15 is 0 Å². The molecule has 5 heteroatoms. The molecule has 0 aromatic carbocycles. The van der Waals surface area contributed by atoms with Crippen LogP contribution in [-0.2, 0) is 11.3 Å². The van der Waals surface area contributed by atoms with Gasteiger partial charge in [0.25, 0.3) is 0 Å². The Morgan fingerprint density at radius 1 is 1.27 bits per heavy atom. The van der Waals surface area contributed by atoms with Gasteiger partial charge in [0, 0.05) is 31.0 Å². The highest BCUT2D eigenvalue weighted by Crippen LogP contribution is 2.30. The first-order chi connectivity index (χ1) is 10.7. The van der Waals surface area contributed by atoms with Gasteiger partial charge in [-0.2, -0.15) is 5.10 Å². The van der Waals surface area contributed by atoms with Crippen LogP contribution in [0.5, 0.6) is 0 Å². The number of rotatable bonds is 5. The molecule has 2 aliphatic rings. The molecule has 22 heavy (non-hydrogen) atoms. The summed E-state index contributed by atoms with van der Waals surface area (Å²) in [6.07, 6.45) is 8.55. The smallest absolute Gasteiger partial charge is 0.227 e. The van der Waals surface area contributed by atoms with Crippen molar-refractivity contribution in [2.24, 2.45) is 5.92 Å². The van der Waals surface area contributed by atoms with E-state index in [-0.39, 0.29) is 5.92 Å². The van der Waals surface area contributed by atoms with Crippen LogP contribution in [0.3, 0.4) is 0 Å². The van der Waals surface area contributed by atoms with E-state index in [4.69, 9.17) is 0 Å². The molecule has 2 fully saturated rings. The lowest BCUT2D eigenvalue weighted by Gasteiger charge is -2.35. The van der Waals surface area contributed by atoms with Gasteiger partial charge in [-0.3, -0.25) is 14.4 Å². The number of hydrogen-bond donors (Lipinski definition) is 0. The molecule has 1 aromatic heterocycles. The third-order valence-electron chi connectivity index (χ3n) is 5.29. The number of likely N-dealkylation sites (tertiary alicyclic amines) is 2. The van der Waals surface area contributed by atoms with Gasteiger partial charge in [-0.1, -0.05) is 13.8 Å². The van der Waals surface area contributed by atoms with Crippen molar-refractivity contribution < 1.29 is 4.79 Å². The van der Waals surface area contributed by atoms with Gasteiger partial charge in [-0.05, 0) is 44.8 Å². The molecule has 0 radical (unpaired) electrons. The molecular formula is C17H28N4O. The maximum absolute atomic E-state index is 12.9. The van der Waals surface area contributed by atoms with Gasteiger partial charge < -0.3 is 4.90 Å². The molecule has 1 amide bonds. The summed E-state index contributed by atoms with van der Waals surface area (Å²) < 4.78 is 1.86. The molecule has 0 aliphatic carbocycles. The van der Waals surface area contributed by atoms with Gasteiger partial charge in [-0.25, -0.2) is 0 Å². The first kappa shape index (κ1) is 15.5. The van der Waals surface area contributed by atoms with Crippen LogP contribution in [0.4, 0.5) is 0 Å². The fourth-order valence-electron chi connectivity index (χ4n) is 4.20. The molecule has 0 bridgehead atoms. The number of nitrogens with zero attached hydrogens (tertiary/aromatic N) is 4. The van der Waals surface area contributed by atoms with Gasteiger partial charge >= 0.3 is 0 Å². The molecule has 0 spiro atoms. The van der Waals surface area contributed by atoms with E-state index in [9.17, 15) is 4.79 Å². The number of likely N-dealkylation sites (N-methyl/N-ethyl adjacent to an activating group) is 1. The summed E-state index contributed by atoms with van der Waals surface area (Å²) >= 11 is 0. The van der Waals surface area contributed by atoms with Crippen LogP contribution in [0, 0.1) is 5.92 Å². The fraction of sp³-hybridized carbons (Fsp3) is 0.765. The van der Waals surface area contributed by atoms with E-state index < -0.39 is 0 Å². The Morgan fingerprint density at radius 2 is 2.05 bits per heavy atom. The molecule has 0 saturated carbocycles. The predicted octanol–water partition coefficient (Wildman–Crippen LogP) is 1.99. The summed E-state index contributed by atoms with van der Waals surface area (Å²) in [6.45, 7) is 8.18. The SMILES string of the molecule is CCN1CCC[C@@H]1[C@H]1CCCN1C(=O)[C@@H](C)Cn1cccn1. The highest BCUT2D eigenvalue weighted by molar-refractivity contribution is 5.79. The lowest BCUT2D eigenvalue weighted by molar-refractivity contribution is -0.137. The van der Waals surface area contributed by atoms with E-state index in [1.807, 2.05) is 23.9 Å². The summed E-state index contributed by atoms with van der Waals surface area (Å²) in [7, 11) is 0. The second-order valence-corrected chi connectivity index (χ2v) is 6.71. The van der Waals surface area contributed by atoms with Gasteiger partial charge in [0.15, 0.2) is 0 Å². The molecule has 3 heterocycles. The highest BCUT2D eigenvalue weighted by atomic mass is 16.2. The van der Waals surface area contributed by atoms with Gasteiger partial charge in [0.1, 0.15) is 0 Å². The fourth-order valence-corrected chi connectivity index (χ4v) is 4.20. The highest BCUT2D eigenvalue weighted by Gasteiger charge is 2.40. The molecule has 1 aromatic rings. The van der Waals surface area contributed by atoms with Crippen molar-refractivity contribution in [1.82, 2.24) is 19.6 Å². The Hall–Kier alpha value is -1.36. The lowest BCUT2D eigenvalue weighted by Crippen LogP contribution is -2.49. The minimum absolute atomic E-state index is 0.00280. The van der Waals surface area contributed by atoms with E-state index in [2.05, 4.69) is 21.8 Å². The van der Waals surface area contributed by atoms with Crippen molar-refractivity contribution in [3.05, 3.63) is 18.5 Å². The van der Waals surface area contributed by atoms with Crippen molar-refractivity contribution in [2.45, 2.75) is 58.2 Å². The molecule has 0 unspecified atom stereocenters. The van der Waals surface area contributed by atoms with Crippen LogP contribution in [-0.4, -0.2) is 57.2 Å². The topological polar surface area (TPSA) is 41.4 Å². The zero-order valence-electron chi connectivity index (χ0n) is 13.8. The summed E-state index contributed by atoms with van der Waals surface area (Å²) in [4.78, 5) is 17.6. The van der Waals surface area contributed by atoms with E-state index in [0.29, 0.717) is 24.5 Å². The number of hydrogen-bond acceptors (Lipinski definition) is 3. The van der Waals surface area contributed by atoms with Crippen LogP contribution >= 0.6 is 0 Å². The molecule has 5 nitrogen and oxygen atoms in total. The summed E-state index contributed by atoms with van der Waals surface area (Å²) in [5, 5.41) is 4.22. The van der Waals surface area contributed by atoms with Crippen LogP contribution < -0.4 is 0 Å². The third-order valence-corrected chi connectivity index (χ3v) is 5.29. The first-order valence-electron chi connectivity index (χ1n) is 8.72. The molecule has 122 valence electrons. The molecular weight excluding hydrogens is 276 g/mol. The first-order valence-corrected chi connectivity index (χ1v) is 8.72. The number of carbonyl (C=O) groups is 1. The summed E-state index contributed by atoms with van der Waals surface area (Å²) in [5.74, 6) is 0.304. The van der Waals surface area contributed by atoms with Gasteiger partial charge in [0.05, 0.1) is 12.5 Å². The largest absolute Gasteiger partial charge is 0.338 e. The quantitative estimate of drug-likeness (QED) is 0.835. The van der Waals surface area contributed by atoms with Crippen LogP contribution in [0.1, 0.15) is 39.5 Å². The second-order valence-electron chi connectivity index (χ2n) is 6.71.